The molecule has 26 heteroatoms. The van der Waals surface area contributed by atoms with E-state index in [9.17, 15) is 81.7 Å². The highest BCUT2D eigenvalue weighted by Crippen LogP contribution is 2.76. The van der Waals surface area contributed by atoms with Gasteiger partial charge in [0, 0.05) is 0 Å². The van der Waals surface area contributed by atoms with Gasteiger partial charge >= 0.3 is 0 Å². The van der Waals surface area contributed by atoms with Crippen LogP contribution in [0.3, 0.4) is 0 Å². The largest absolute Gasteiger partial charge is 0.394 e. The molecule has 84 heavy (non-hydrogen) atoms. The van der Waals surface area contributed by atoms with Crippen LogP contribution in [0.15, 0.2) is 11.6 Å². The molecule has 9 rings (SSSR count). The summed E-state index contributed by atoms with van der Waals surface area (Å²) in [6.45, 7) is 14.1. The molecule has 4 aliphatic carbocycles. The molecule has 5 aliphatic heterocycles. The van der Waals surface area contributed by atoms with Gasteiger partial charge in [-0.15, -0.1) is 0 Å². The molecule has 16 N–H and O–H groups in total. The summed E-state index contributed by atoms with van der Waals surface area (Å²) in [5.41, 5.74) is -1.72. The summed E-state index contributed by atoms with van der Waals surface area (Å²) in [5.74, 6) is -0.565. The highest BCUT2D eigenvalue weighted by Gasteiger charge is 2.72. The maximum atomic E-state index is 12.9. The number of aliphatic hydroxyl groups is 16. The van der Waals surface area contributed by atoms with E-state index in [1.54, 1.807) is 0 Å². The molecular formula is C58H98O26. The topological polar surface area (TPSA) is 416 Å². The Bertz CT molecular complexity index is 2210. The zero-order valence-corrected chi connectivity index (χ0v) is 49.5. The van der Waals surface area contributed by atoms with Gasteiger partial charge in [-0.1, -0.05) is 46.3 Å². The fourth-order valence-corrected chi connectivity index (χ4v) is 17.2. The van der Waals surface area contributed by atoms with Crippen LogP contribution >= 0.6 is 0 Å². The van der Waals surface area contributed by atoms with Gasteiger partial charge in [0.25, 0.3) is 0 Å². The molecule has 8 unspecified atom stereocenters. The molecule has 0 radical (unpaired) electrons. The minimum atomic E-state index is -1.83. The van der Waals surface area contributed by atoms with E-state index in [-0.39, 0.29) is 34.5 Å². The minimum absolute atomic E-state index is 0.0176. The quantitative estimate of drug-likeness (QED) is 0.0477. The predicted molar refractivity (Wildman–Crippen MR) is 287 cm³/mol. The molecule has 33 atom stereocenters. The van der Waals surface area contributed by atoms with Crippen LogP contribution in [0.1, 0.15) is 113 Å². The molecule has 5 saturated heterocycles. The van der Waals surface area contributed by atoms with E-state index < -0.39 is 203 Å². The zero-order valence-electron chi connectivity index (χ0n) is 49.5. The third kappa shape index (κ3) is 11.9. The fourth-order valence-electron chi connectivity index (χ4n) is 17.2. The van der Waals surface area contributed by atoms with Gasteiger partial charge < -0.3 is 129 Å². The van der Waals surface area contributed by atoms with Crippen molar-refractivity contribution in [3.05, 3.63) is 11.6 Å². The number of rotatable bonds is 18. The standard InChI is InChI=1S/C58H98O26/c1-24(2)10-9-14-58(8,84-51-46(74)42(70)39(67)31(80-51)23-76-52-47(40(68)30(21-61)78-52)82-49-44(72)36(64)27(63)22-75-49)25-11-16-57(7)35(25)26(62)18-33-55(5)15-13-34(54(3,4)32(55)12-17-56(33,57)6)81-53-48(43(71)38(66)29(20-60)79-53)83-50-45(73)41(69)37(65)28(19-59)77-50/h10,25-53,59-74H,9,11-23H2,1-8H3/t25?,26?,27-,28-,29-,30-,31-,32?,33?,34?,35?,36+,37-,38-,39-,40-,41-,42-,43+,44-,45-,46-,47-,48-,49+,50+,51+,52+,53+,55?,56?,57-,58+/m1/s1. The summed E-state index contributed by atoms with van der Waals surface area (Å²) in [6, 6.07) is 0. The average molecular weight is 1210 g/mol. The summed E-state index contributed by atoms with van der Waals surface area (Å²) in [4.78, 5) is 0. The number of ether oxygens (including phenoxy) is 10. The normalized spacial score (nSPS) is 52.9. The van der Waals surface area contributed by atoms with Crippen LogP contribution in [0.4, 0.5) is 0 Å². The first-order valence-electron chi connectivity index (χ1n) is 30.2. The first-order valence-corrected chi connectivity index (χ1v) is 30.2. The van der Waals surface area contributed by atoms with E-state index in [1.807, 2.05) is 20.8 Å². The van der Waals surface area contributed by atoms with Crippen LogP contribution in [-0.2, 0) is 47.4 Å². The Morgan fingerprint density at radius 1 is 0.524 bits per heavy atom. The number of fused-ring (bicyclic) bond motifs is 5. The van der Waals surface area contributed by atoms with E-state index in [1.165, 1.54) is 0 Å². The highest BCUT2D eigenvalue weighted by molar-refractivity contribution is 5.21. The van der Waals surface area contributed by atoms with Crippen molar-refractivity contribution in [2.24, 2.45) is 45.3 Å². The molecule has 0 aromatic heterocycles. The van der Waals surface area contributed by atoms with E-state index in [0.29, 0.717) is 38.5 Å². The summed E-state index contributed by atoms with van der Waals surface area (Å²) in [7, 11) is 0. The number of allylic oxidation sites excluding steroid dienone is 2. The lowest BCUT2D eigenvalue weighted by Crippen LogP contribution is -2.68. The second-order valence-corrected chi connectivity index (χ2v) is 27.6. The number of aliphatic hydroxyl groups excluding tert-OH is 16. The Kier molecular flexibility index (Phi) is 20.6. The second-order valence-electron chi connectivity index (χ2n) is 27.6. The van der Waals surface area contributed by atoms with Gasteiger partial charge in [0.2, 0.25) is 0 Å². The zero-order chi connectivity index (χ0) is 61.5. The lowest BCUT2D eigenvalue weighted by Gasteiger charge is -2.71. The van der Waals surface area contributed by atoms with Gasteiger partial charge in [-0.2, -0.15) is 0 Å². The predicted octanol–water partition coefficient (Wildman–Crippen LogP) is -3.10. The Balaban J connectivity index is 0.918. The smallest absolute Gasteiger partial charge is 0.187 e. The summed E-state index contributed by atoms with van der Waals surface area (Å²) in [5, 5.41) is 174. The van der Waals surface area contributed by atoms with E-state index >= 15 is 0 Å². The van der Waals surface area contributed by atoms with Crippen molar-refractivity contribution >= 4 is 0 Å². The lowest BCUT2D eigenvalue weighted by atomic mass is 9.35. The first kappa shape index (κ1) is 67.1. The Hall–Kier alpha value is -1.30. The van der Waals surface area contributed by atoms with Gasteiger partial charge in [0.1, 0.15) is 110 Å². The lowest BCUT2D eigenvalue weighted by molar-refractivity contribution is -0.378. The maximum absolute atomic E-state index is 12.9. The second kappa shape index (κ2) is 25.8. The molecule has 9 fully saturated rings. The molecule has 0 aromatic rings. The van der Waals surface area contributed by atoms with Crippen LogP contribution < -0.4 is 0 Å². The van der Waals surface area contributed by atoms with Crippen LogP contribution in [0.25, 0.3) is 0 Å². The summed E-state index contributed by atoms with van der Waals surface area (Å²) < 4.78 is 60.9. The molecule has 9 aliphatic rings. The van der Waals surface area contributed by atoms with E-state index in [4.69, 9.17) is 47.4 Å². The third-order valence-corrected chi connectivity index (χ3v) is 22.3. The monoisotopic (exact) mass is 1210 g/mol. The molecule has 0 spiro atoms. The van der Waals surface area contributed by atoms with Crippen molar-refractivity contribution in [2.45, 2.75) is 272 Å². The first-order chi connectivity index (χ1) is 39.4. The molecule has 5 heterocycles. The van der Waals surface area contributed by atoms with Gasteiger partial charge in [-0.05, 0) is 124 Å². The van der Waals surface area contributed by atoms with Crippen molar-refractivity contribution < 1.29 is 129 Å². The van der Waals surface area contributed by atoms with Gasteiger partial charge in [0.05, 0.1) is 50.8 Å². The van der Waals surface area contributed by atoms with Gasteiger partial charge in [0.15, 0.2) is 31.5 Å². The van der Waals surface area contributed by atoms with E-state index in [0.717, 1.165) is 24.8 Å². The van der Waals surface area contributed by atoms with Crippen molar-refractivity contribution in [3.8, 4) is 0 Å². The average Bonchev–Trinajstić information content (AvgIpc) is 1.32. The molecule has 0 bridgehead atoms. The van der Waals surface area contributed by atoms with Crippen LogP contribution in [0.5, 0.6) is 0 Å². The maximum Gasteiger partial charge on any atom is 0.187 e. The summed E-state index contributed by atoms with van der Waals surface area (Å²) >= 11 is 0. The van der Waals surface area contributed by atoms with Crippen LogP contribution in [0.2, 0.25) is 0 Å². The Morgan fingerprint density at radius 3 is 1.70 bits per heavy atom. The van der Waals surface area contributed by atoms with E-state index in [2.05, 4.69) is 40.7 Å². The third-order valence-electron chi connectivity index (χ3n) is 22.3. The Labute approximate surface area is 490 Å². The van der Waals surface area contributed by atoms with Gasteiger partial charge in [-0.25, -0.2) is 0 Å². The minimum Gasteiger partial charge on any atom is -0.394 e. The van der Waals surface area contributed by atoms with Crippen LogP contribution in [0, 0.1) is 45.3 Å². The van der Waals surface area contributed by atoms with Crippen molar-refractivity contribution in [3.63, 3.8) is 0 Å². The number of hydrogen-bond acceptors (Lipinski definition) is 26. The fraction of sp³-hybridized carbons (Fsp3) is 0.966. The Morgan fingerprint density at radius 2 is 1.06 bits per heavy atom. The van der Waals surface area contributed by atoms with Crippen molar-refractivity contribution in [1.82, 2.24) is 0 Å². The number of hydrogen-bond donors (Lipinski definition) is 16. The van der Waals surface area contributed by atoms with Crippen LogP contribution in [-0.4, -0.2) is 274 Å². The highest BCUT2D eigenvalue weighted by atomic mass is 16.8. The molecule has 486 valence electrons. The molecular weight excluding hydrogens is 1110 g/mol. The molecule has 26 nitrogen and oxygen atoms in total. The summed E-state index contributed by atoms with van der Waals surface area (Å²) in [6.07, 6.45) is -29.8. The van der Waals surface area contributed by atoms with Gasteiger partial charge in [-0.3, -0.25) is 0 Å². The molecule has 0 aromatic carbocycles. The molecule has 0 amide bonds. The SMILES string of the molecule is CC(C)=CCC[C@](C)(O[C@@H]1O[C@H](CO[C@H]2O[C@H](CO)[C@@H](O)[C@H]2O[C@@H]2OC[C@@H](O)[C@H](O)[C@H]2O)[C@@H](O)[C@@H](O)[C@H]1O)C1CC[C@]2(C)C1C(O)CC1C3(C)CCC(O[C@@H]4O[C@H](CO)[C@@H](O)[C@H](O)[C@H]4O[C@@H]4O[C@H](CO)[C@@H](O)[C@@H](O)[C@H]4O)C(C)(C)C3CCC12C. The molecule has 4 saturated carbocycles. The van der Waals surface area contributed by atoms with Crippen molar-refractivity contribution in [2.75, 3.05) is 33.0 Å². The van der Waals surface area contributed by atoms with Crippen molar-refractivity contribution in [1.29, 1.82) is 0 Å².